The van der Waals surface area contributed by atoms with Crippen molar-refractivity contribution >= 4 is 5.96 Å². The van der Waals surface area contributed by atoms with E-state index >= 15 is 0 Å². The van der Waals surface area contributed by atoms with E-state index in [-0.39, 0.29) is 0 Å². The van der Waals surface area contributed by atoms with Crippen LogP contribution < -0.4 is 10.6 Å². The number of hydrogen-bond acceptors (Lipinski definition) is 1. The summed E-state index contributed by atoms with van der Waals surface area (Å²) in [4.78, 5) is 0. The van der Waals surface area contributed by atoms with Gasteiger partial charge in [-0.15, -0.1) is 0 Å². The number of hydrogen-bond donors (Lipinski definition) is 3. The lowest BCUT2D eigenvalue weighted by Crippen LogP contribution is -2.63. The highest BCUT2D eigenvalue weighted by Crippen LogP contribution is 1.91. The molecule has 1 aliphatic heterocycles. The first-order chi connectivity index (χ1) is 3.33. The van der Waals surface area contributed by atoms with E-state index in [0.29, 0.717) is 12.1 Å². The second kappa shape index (κ2) is 1.40. The first-order valence-corrected chi connectivity index (χ1v) is 2.44. The van der Waals surface area contributed by atoms with Crippen molar-refractivity contribution in [3.63, 3.8) is 0 Å². The zero-order chi connectivity index (χ0) is 5.28. The van der Waals surface area contributed by atoms with Gasteiger partial charge in [-0.1, -0.05) is 6.92 Å². The van der Waals surface area contributed by atoms with Gasteiger partial charge in [0, 0.05) is 0 Å². The summed E-state index contributed by atoms with van der Waals surface area (Å²) in [6.07, 6.45) is 1.41. The lowest BCUT2D eigenvalue weighted by atomic mass is 10.3. The quantitative estimate of drug-likeness (QED) is 0.428. The average molecular weight is 99.1 g/mol. The fourth-order valence-electron chi connectivity index (χ4n) is 0.553. The zero-order valence-electron chi connectivity index (χ0n) is 4.28. The first-order valence-electron chi connectivity index (χ1n) is 2.44. The van der Waals surface area contributed by atoms with E-state index in [1.54, 1.807) is 0 Å². The van der Waals surface area contributed by atoms with E-state index in [4.69, 9.17) is 5.41 Å². The summed E-state index contributed by atoms with van der Waals surface area (Å²) < 4.78 is 0. The fourth-order valence-corrected chi connectivity index (χ4v) is 0.553. The van der Waals surface area contributed by atoms with E-state index in [2.05, 4.69) is 17.6 Å². The number of nitrogens with one attached hydrogen (secondary N) is 3. The van der Waals surface area contributed by atoms with Crippen LogP contribution in [-0.2, 0) is 0 Å². The molecule has 1 heterocycles. The van der Waals surface area contributed by atoms with Crippen LogP contribution in [0.25, 0.3) is 0 Å². The molecule has 0 aromatic heterocycles. The summed E-state index contributed by atoms with van der Waals surface area (Å²) in [5.74, 6) is 0.451. The molecule has 1 fully saturated rings. The summed E-state index contributed by atoms with van der Waals surface area (Å²) in [6.45, 7) is 2.07. The van der Waals surface area contributed by atoms with Crippen LogP contribution in [-0.4, -0.2) is 12.1 Å². The summed E-state index contributed by atoms with van der Waals surface area (Å²) >= 11 is 0. The van der Waals surface area contributed by atoms with Crippen molar-refractivity contribution in [3.05, 3.63) is 0 Å². The minimum atomic E-state index is 0.368. The third-order valence-corrected chi connectivity index (χ3v) is 1.05. The Bertz CT molecular complexity index is 80.9. The largest absolute Gasteiger partial charge is 0.336 e. The SMILES string of the molecule is CCC1NC(=N)N1. The van der Waals surface area contributed by atoms with Gasteiger partial charge in [0.1, 0.15) is 6.17 Å². The van der Waals surface area contributed by atoms with Gasteiger partial charge in [-0.05, 0) is 6.42 Å². The van der Waals surface area contributed by atoms with Crippen molar-refractivity contribution in [1.82, 2.24) is 10.6 Å². The van der Waals surface area contributed by atoms with E-state index < -0.39 is 0 Å². The van der Waals surface area contributed by atoms with Gasteiger partial charge < -0.3 is 10.6 Å². The maximum Gasteiger partial charge on any atom is 0.191 e. The van der Waals surface area contributed by atoms with E-state index in [1.807, 2.05) is 0 Å². The summed E-state index contributed by atoms with van der Waals surface area (Å²) in [7, 11) is 0. The minimum Gasteiger partial charge on any atom is -0.336 e. The molecule has 1 rings (SSSR count). The normalized spacial score (nSPS) is 27.6. The molecule has 0 aliphatic carbocycles. The Morgan fingerprint density at radius 3 is 2.43 bits per heavy atom. The molecule has 1 saturated heterocycles. The van der Waals surface area contributed by atoms with Gasteiger partial charge >= 0.3 is 0 Å². The molecule has 7 heavy (non-hydrogen) atoms. The molecule has 0 radical (unpaired) electrons. The Labute approximate surface area is 42.6 Å². The van der Waals surface area contributed by atoms with Crippen LogP contribution >= 0.6 is 0 Å². The van der Waals surface area contributed by atoms with Crippen molar-refractivity contribution in [3.8, 4) is 0 Å². The fraction of sp³-hybridized carbons (Fsp3) is 0.750. The van der Waals surface area contributed by atoms with Gasteiger partial charge in [-0.3, -0.25) is 5.41 Å². The van der Waals surface area contributed by atoms with Gasteiger partial charge in [0.25, 0.3) is 0 Å². The summed E-state index contributed by atoms with van der Waals surface area (Å²) in [6, 6.07) is 0. The molecule has 0 saturated carbocycles. The molecule has 0 spiro atoms. The Morgan fingerprint density at radius 2 is 2.29 bits per heavy atom. The second-order valence-electron chi connectivity index (χ2n) is 1.62. The van der Waals surface area contributed by atoms with E-state index in [0.717, 1.165) is 6.42 Å². The Balaban J connectivity index is 2.17. The van der Waals surface area contributed by atoms with Crippen molar-refractivity contribution in [2.24, 2.45) is 0 Å². The van der Waals surface area contributed by atoms with Gasteiger partial charge in [0.2, 0.25) is 0 Å². The number of guanidine groups is 1. The molecule has 0 atom stereocenters. The molecule has 3 heteroatoms. The highest BCUT2D eigenvalue weighted by Gasteiger charge is 2.16. The molecule has 3 N–H and O–H groups in total. The summed E-state index contributed by atoms with van der Waals surface area (Å²) in [5, 5.41) is 12.6. The molecule has 0 aromatic rings. The molecule has 3 nitrogen and oxygen atoms in total. The minimum absolute atomic E-state index is 0.368. The van der Waals surface area contributed by atoms with Crippen LogP contribution in [0, 0.1) is 5.41 Å². The Kier molecular flexibility index (Phi) is 0.889. The van der Waals surface area contributed by atoms with Crippen molar-refractivity contribution in [1.29, 1.82) is 5.41 Å². The lowest BCUT2D eigenvalue weighted by molar-refractivity contribution is 0.463. The second-order valence-corrected chi connectivity index (χ2v) is 1.62. The van der Waals surface area contributed by atoms with Crippen LogP contribution in [0.4, 0.5) is 0 Å². The average Bonchev–Trinajstić information content (AvgIpc) is 1.58. The smallest absolute Gasteiger partial charge is 0.191 e. The molecule has 0 amide bonds. The number of rotatable bonds is 1. The predicted molar refractivity (Wildman–Crippen MR) is 28.1 cm³/mol. The molecule has 0 aromatic carbocycles. The van der Waals surface area contributed by atoms with Crippen LogP contribution in [0.5, 0.6) is 0 Å². The van der Waals surface area contributed by atoms with Crippen molar-refractivity contribution < 1.29 is 0 Å². The summed E-state index contributed by atoms with van der Waals surface area (Å²) in [5.41, 5.74) is 0. The molecule has 1 aliphatic rings. The van der Waals surface area contributed by atoms with Crippen LogP contribution in [0.1, 0.15) is 13.3 Å². The third-order valence-electron chi connectivity index (χ3n) is 1.05. The maximum atomic E-state index is 6.84. The highest BCUT2D eigenvalue weighted by atomic mass is 15.3. The van der Waals surface area contributed by atoms with E-state index in [1.165, 1.54) is 0 Å². The predicted octanol–water partition coefficient (Wildman–Crippen LogP) is -0.150. The Hall–Kier alpha value is -0.730. The van der Waals surface area contributed by atoms with Crippen LogP contribution in [0.3, 0.4) is 0 Å². The van der Waals surface area contributed by atoms with Gasteiger partial charge in [0.05, 0.1) is 0 Å². The van der Waals surface area contributed by atoms with Crippen LogP contribution in [0.2, 0.25) is 0 Å². The molecule has 0 bridgehead atoms. The Morgan fingerprint density at radius 1 is 1.71 bits per heavy atom. The highest BCUT2D eigenvalue weighted by molar-refractivity contribution is 5.82. The van der Waals surface area contributed by atoms with Gasteiger partial charge in [-0.2, -0.15) is 0 Å². The lowest BCUT2D eigenvalue weighted by Gasteiger charge is -2.30. The van der Waals surface area contributed by atoms with Crippen LogP contribution in [0.15, 0.2) is 0 Å². The van der Waals surface area contributed by atoms with Crippen molar-refractivity contribution in [2.75, 3.05) is 0 Å². The zero-order valence-corrected chi connectivity index (χ0v) is 4.28. The third kappa shape index (κ3) is 0.656. The first kappa shape index (κ1) is 4.43. The standard InChI is InChI=1S/C4H9N3/c1-2-3-6-4(5)7-3/h3H,2H2,1H3,(H3,5,6,7). The topological polar surface area (TPSA) is 47.9 Å². The van der Waals surface area contributed by atoms with Gasteiger partial charge in [-0.25, -0.2) is 0 Å². The molecule has 40 valence electrons. The van der Waals surface area contributed by atoms with Crippen molar-refractivity contribution in [2.45, 2.75) is 19.5 Å². The molecular formula is C4H9N3. The van der Waals surface area contributed by atoms with E-state index in [9.17, 15) is 0 Å². The monoisotopic (exact) mass is 99.1 g/mol. The molecule has 0 unspecified atom stereocenters. The maximum absolute atomic E-state index is 6.84. The molecular weight excluding hydrogens is 90.1 g/mol. The van der Waals surface area contributed by atoms with Gasteiger partial charge in [0.15, 0.2) is 5.96 Å².